The van der Waals surface area contributed by atoms with Crippen molar-refractivity contribution in [3.8, 4) is 5.75 Å². The molecule has 1 aromatic rings. The van der Waals surface area contributed by atoms with Gasteiger partial charge >= 0.3 is 0 Å². The van der Waals surface area contributed by atoms with Crippen LogP contribution in [0.4, 0.5) is 0 Å². The summed E-state index contributed by atoms with van der Waals surface area (Å²) >= 11 is 3.51. The van der Waals surface area contributed by atoms with Crippen molar-refractivity contribution in [1.82, 2.24) is 4.72 Å². The largest absolute Gasteiger partial charge is 0.497 e. The van der Waals surface area contributed by atoms with E-state index in [9.17, 15) is 4.21 Å². The van der Waals surface area contributed by atoms with Gasteiger partial charge in [0.15, 0.2) is 0 Å². The highest BCUT2D eigenvalue weighted by molar-refractivity contribution is 9.10. The predicted molar refractivity (Wildman–Crippen MR) is 80.1 cm³/mol. The third-order valence-corrected chi connectivity index (χ3v) is 4.91. The molecule has 5 heteroatoms. The molecule has 0 aromatic heterocycles. The number of hydrogen-bond donors (Lipinski definition) is 1. The standard InChI is InChI=1S/C13H20BrNO2S/c1-9(15-18(16)13(2,3)4)11-8-10(17-5)6-7-12(11)14/h6-9,15H,1-5H3/t9-,18+/m1/s1. The molecule has 2 atom stereocenters. The number of benzene rings is 1. The predicted octanol–water partition coefficient (Wildman–Crippen LogP) is 3.57. The summed E-state index contributed by atoms with van der Waals surface area (Å²) in [5.74, 6) is 0.795. The van der Waals surface area contributed by atoms with Crippen molar-refractivity contribution in [1.29, 1.82) is 0 Å². The number of ether oxygens (including phenoxy) is 1. The van der Waals surface area contributed by atoms with E-state index < -0.39 is 11.0 Å². The van der Waals surface area contributed by atoms with Gasteiger partial charge in [0.2, 0.25) is 0 Å². The molecule has 0 heterocycles. The molecule has 0 aliphatic carbocycles. The molecule has 0 radical (unpaired) electrons. The highest BCUT2D eigenvalue weighted by atomic mass is 79.9. The van der Waals surface area contributed by atoms with Gasteiger partial charge in [-0.25, -0.2) is 8.93 Å². The molecule has 1 aromatic carbocycles. The van der Waals surface area contributed by atoms with Crippen molar-refractivity contribution in [2.75, 3.05) is 7.11 Å². The lowest BCUT2D eigenvalue weighted by atomic mass is 10.1. The Morgan fingerprint density at radius 2 is 2.00 bits per heavy atom. The summed E-state index contributed by atoms with van der Waals surface area (Å²) in [6.45, 7) is 7.83. The summed E-state index contributed by atoms with van der Waals surface area (Å²) < 4.78 is 21.1. The molecule has 102 valence electrons. The van der Waals surface area contributed by atoms with E-state index in [1.807, 2.05) is 45.9 Å². The number of nitrogens with one attached hydrogen (secondary N) is 1. The molecule has 1 rings (SSSR count). The van der Waals surface area contributed by atoms with Gasteiger partial charge in [-0.3, -0.25) is 0 Å². The first-order valence-corrected chi connectivity index (χ1v) is 7.71. The first-order chi connectivity index (χ1) is 8.25. The highest BCUT2D eigenvalue weighted by Crippen LogP contribution is 2.28. The molecule has 3 nitrogen and oxygen atoms in total. The van der Waals surface area contributed by atoms with Gasteiger partial charge in [-0.15, -0.1) is 0 Å². The molecule has 0 aliphatic heterocycles. The van der Waals surface area contributed by atoms with Gasteiger partial charge in [0.05, 0.1) is 22.8 Å². The average molecular weight is 334 g/mol. The minimum Gasteiger partial charge on any atom is -0.497 e. The zero-order chi connectivity index (χ0) is 13.9. The number of hydrogen-bond acceptors (Lipinski definition) is 2. The molecular weight excluding hydrogens is 314 g/mol. The maximum absolute atomic E-state index is 12.1. The molecular formula is C13H20BrNO2S. The number of methoxy groups -OCH3 is 1. The van der Waals surface area contributed by atoms with E-state index in [-0.39, 0.29) is 10.8 Å². The molecule has 0 bridgehead atoms. The van der Waals surface area contributed by atoms with Gasteiger partial charge in [-0.05, 0) is 51.5 Å². The Morgan fingerprint density at radius 1 is 1.39 bits per heavy atom. The number of rotatable bonds is 4. The van der Waals surface area contributed by atoms with Gasteiger partial charge in [0.25, 0.3) is 0 Å². The fourth-order valence-corrected chi connectivity index (χ4v) is 2.77. The maximum Gasteiger partial charge on any atom is 0.119 e. The topological polar surface area (TPSA) is 38.3 Å². The molecule has 0 saturated heterocycles. The molecule has 18 heavy (non-hydrogen) atoms. The smallest absolute Gasteiger partial charge is 0.119 e. The summed E-state index contributed by atoms with van der Waals surface area (Å²) in [4.78, 5) is 0. The third-order valence-electron chi connectivity index (χ3n) is 2.51. The summed E-state index contributed by atoms with van der Waals surface area (Å²) in [5.41, 5.74) is 1.03. The van der Waals surface area contributed by atoms with E-state index >= 15 is 0 Å². The zero-order valence-electron chi connectivity index (χ0n) is 11.4. The van der Waals surface area contributed by atoms with Gasteiger partial charge in [0, 0.05) is 10.5 Å². The second-order valence-corrected chi connectivity index (χ2v) is 7.96. The molecule has 0 fully saturated rings. The molecule has 0 saturated carbocycles. The molecule has 1 N–H and O–H groups in total. The monoisotopic (exact) mass is 333 g/mol. The van der Waals surface area contributed by atoms with Crippen molar-refractivity contribution < 1.29 is 8.95 Å². The van der Waals surface area contributed by atoms with Crippen LogP contribution in [0.3, 0.4) is 0 Å². The molecule has 0 aliphatic rings. The Morgan fingerprint density at radius 3 is 2.50 bits per heavy atom. The third kappa shape index (κ3) is 4.07. The Balaban J connectivity index is 2.90. The van der Waals surface area contributed by atoms with Crippen LogP contribution in [0.2, 0.25) is 0 Å². The Kier molecular flexibility index (Phi) is 5.37. The SMILES string of the molecule is COc1ccc(Br)c([C@@H](C)N[S@@](=O)C(C)(C)C)c1. The summed E-state index contributed by atoms with van der Waals surface area (Å²) in [6, 6.07) is 5.75. The molecule has 0 spiro atoms. The molecule has 0 unspecified atom stereocenters. The summed E-state index contributed by atoms with van der Waals surface area (Å²) in [7, 11) is 0.541. The van der Waals surface area contributed by atoms with Crippen LogP contribution < -0.4 is 9.46 Å². The van der Waals surface area contributed by atoms with E-state index in [2.05, 4.69) is 20.7 Å². The quantitative estimate of drug-likeness (QED) is 0.914. The van der Waals surface area contributed by atoms with E-state index in [1.165, 1.54) is 0 Å². The second kappa shape index (κ2) is 6.17. The van der Waals surface area contributed by atoms with Crippen molar-refractivity contribution in [2.45, 2.75) is 38.5 Å². The van der Waals surface area contributed by atoms with E-state index in [1.54, 1.807) is 7.11 Å². The van der Waals surface area contributed by atoms with Crippen LogP contribution in [0.15, 0.2) is 22.7 Å². The van der Waals surface area contributed by atoms with Gasteiger partial charge in [-0.1, -0.05) is 15.9 Å². The maximum atomic E-state index is 12.1. The minimum absolute atomic E-state index is 0.0190. The fraction of sp³-hybridized carbons (Fsp3) is 0.538. The lowest BCUT2D eigenvalue weighted by molar-refractivity contribution is 0.413. The van der Waals surface area contributed by atoms with Crippen LogP contribution in [-0.2, 0) is 11.0 Å². The van der Waals surface area contributed by atoms with Crippen molar-refractivity contribution >= 4 is 26.9 Å². The lowest BCUT2D eigenvalue weighted by Crippen LogP contribution is -2.34. The summed E-state index contributed by atoms with van der Waals surface area (Å²) in [6.07, 6.45) is 0. The van der Waals surface area contributed by atoms with E-state index in [0.717, 1.165) is 15.8 Å². The van der Waals surface area contributed by atoms with Crippen molar-refractivity contribution in [3.05, 3.63) is 28.2 Å². The average Bonchev–Trinajstić information content (AvgIpc) is 2.28. The zero-order valence-corrected chi connectivity index (χ0v) is 13.8. The Hall–Kier alpha value is -0.390. The fourth-order valence-electron chi connectivity index (χ4n) is 1.38. The Labute approximate surface area is 120 Å². The van der Waals surface area contributed by atoms with Crippen LogP contribution in [0, 0.1) is 0 Å². The normalized spacial score (nSPS) is 15.2. The first-order valence-electron chi connectivity index (χ1n) is 5.77. The van der Waals surface area contributed by atoms with Crippen LogP contribution in [-0.4, -0.2) is 16.1 Å². The Bertz CT molecular complexity index is 443. The van der Waals surface area contributed by atoms with Gasteiger partial charge < -0.3 is 4.74 Å². The van der Waals surface area contributed by atoms with Crippen molar-refractivity contribution in [2.24, 2.45) is 0 Å². The van der Waals surface area contributed by atoms with Gasteiger partial charge in [0.1, 0.15) is 5.75 Å². The van der Waals surface area contributed by atoms with E-state index in [4.69, 9.17) is 4.74 Å². The van der Waals surface area contributed by atoms with Gasteiger partial charge in [-0.2, -0.15) is 0 Å². The van der Waals surface area contributed by atoms with Crippen LogP contribution in [0.25, 0.3) is 0 Å². The first kappa shape index (κ1) is 15.7. The minimum atomic E-state index is -1.10. The highest BCUT2D eigenvalue weighted by Gasteiger charge is 2.22. The van der Waals surface area contributed by atoms with E-state index in [0.29, 0.717) is 0 Å². The summed E-state index contributed by atoms with van der Waals surface area (Å²) in [5, 5.41) is 0. The molecule has 0 amide bonds. The van der Waals surface area contributed by atoms with Crippen LogP contribution >= 0.6 is 15.9 Å². The number of halogens is 1. The second-order valence-electron chi connectivity index (χ2n) is 5.11. The van der Waals surface area contributed by atoms with Crippen LogP contribution in [0.1, 0.15) is 39.3 Å². The lowest BCUT2D eigenvalue weighted by Gasteiger charge is -2.23. The van der Waals surface area contributed by atoms with Crippen molar-refractivity contribution in [3.63, 3.8) is 0 Å². The van der Waals surface area contributed by atoms with Crippen LogP contribution in [0.5, 0.6) is 5.75 Å².